The Hall–Kier alpha value is -2.49. The van der Waals surface area contributed by atoms with Gasteiger partial charge in [-0.05, 0) is 31.5 Å². The second-order valence-electron chi connectivity index (χ2n) is 5.06. The number of carbonyl (C=O) groups excluding carboxylic acids is 1. The van der Waals surface area contributed by atoms with Gasteiger partial charge in [-0.15, -0.1) is 0 Å². The van der Waals surface area contributed by atoms with E-state index in [1.165, 1.54) is 0 Å². The molecule has 22 heavy (non-hydrogen) atoms. The molecule has 0 radical (unpaired) electrons. The van der Waals surface area contributed by atoms with Crippen LogP contribution in [0.3, 0.4) is 0 Å². The molecular weight excluding hydrogens is 278 g/mol. The molecule has 0 heterocycles. The zero-order valence-corrected chi connectivity index (χ0v) is 13.1. The minimum Gasteiger partial charge on any atom is -0.496 e. The Labute approximate surface area is 131 Å². The highest BCUT2D eigenvalue weighted by atomic mass is 16.5. The zero-order valence-electron chi connectivity index (χ0n) is 13.1. The minimum atomic E-state index is -0.559. The number of nitrogens with one attached hydrogen (secondary N) is 1. The summed E-state index contributed by atoms with van der Waals surface area (Å²) in [6.45, 7) is 4.10. The molecule has 4 nitrogen and oxygen atoms in total. The summed E-state index contributed by atoms with van der Waals surface area (Å²) in [5, 5.41) is 2.87. The van der Waals surface area contributed by atoms with E-state index in [1.54, 1.807) is 14.0 Å². The van der Waals surface area contributed by atoms with Gasteiger partial charge < -0.3 is 14.8 Å². The van der Waals surface area contributed by atoms with Gasteiger partial charge in [0.25, 0.3) is 5.91 Å². The van der Waals surface area contributed by atoms with Crippen molar-refractivity contribution in [2.45, 2.75) is 26.5 Å². The summed E-state index contributed by atoms with van der Waals surface area (Å²) in [6.07, 6.45) is -0.559. The van der Waals surface area contributed by atoms with E-state index in [4.69, 9.17) is 9.47 Å². The second-order valence-corrected chi connectivity index (χ2v) is 5.06. The zero-order chi connectivity index (χ0) is 15.9. The molecule has 0 spiro atoms. The third-order valence-corrected chi connectivity index (χ3v) is 3.41. The van der Waals surface area contributed by atoms with Crippen LogP contribution < -0.4 is 14.8 Å². The van der Waals surface area contributed by atoms with Crippen LogP contribution in [0.25, 0.3) is 0 Å². The Morgan fingerprint density at radius 2 is 1.73 bits per heavy atom. The average Bonchev–Trinajstić information content (AvgIpc) is 2.54. The summed E-state index contributed by atoms with van der Waals surface area (Å²) in [6, 6.07) is 15.2. The highest BCUT2D eigenvalue weighted by Gasteiger charge is 2.15. The fraction of sp³-hybridized carbons (Fsp3) is 0.278. The number of carbonyl (C=O) groups is 1. The predicted molar refractivity (Wildman–Crippen MR) is 86.1 cm³/mol. The summed E-state index contributed by atoms with van der Waals surface area (Å²) < 4.78 is 11.0. The lowest BCUT2D eigenvalue weighted by molar-refractivity contribution is -0.127. The fourth-order valence-corrected chi connectivity index (χ4v) is 2.11. The lowest BCUT2D eigenvalue weighted by atomic mass is 10.2. The molecule has 4 heteroatoms. The molecule has 1 N–H and O–H groups in total. The molecule has 116 valence electrons. The van der Waals surface area contributed by atoms with Crippen molar-refractivity contribution in [2.24, 2.45) is 0 Å². The third-order valence-electron chi connectivity index (χ3n) is 3.41. The van der Waals surface area contributed by atoms with Crippen molar-refractivity contribution in [1.82, 2.24) is 5.32 Å². The van der Waals surface area contributed by atoms with E-state index < -0.39 is 6.10 Å². The van der Waals surface area contributed by atoms with Crippen molar-refractivity contribution in [3.63, 3.8) is 0 Å². The highest BCUT2D eigenvalue weighted by Crippen LogP contribution is 2.19. The van der Waals surface area contributed by atoms with E-state index in [0.717, 1.165) is 22.6 Å². The number of aryl methyl sites for hydroxylation is 1. The van der Waals surface area contributed by atoms with E-state index in [1.807, 2.05) is 55.5 Å². The molecule has 0 aromatic heterocycles. The Morgan fingerprint density at radius 3 is 2.41 bits per heavy atom. The number of methoxy groups -OCH3 is 1. The first-order valence-electron chi connectivity index (χ1n) is 7.23. The van der Waals surface area contributed by atoms with Crippen molar-refractivity contribution in [3.8, 4) is 11.5 Å². The first-order chi connectivity index (χ1) is 10.6. The van der Waals surface area contributed by atoms with E-state index in [-0.39, 0.29) is 5.91 Å². The first-order valence-corrected chi connectivity index (χ1v) is 7.23. The molecule has 0 saturated heterocycles. The molecule has 1 amide bonds. The lowest BCUT2D eigenvalue weighted by Crippen LogP contribution is -2.36. The van der Waals surface area contributed by atoms with E-state index in [0.29, 0.717) is 6.54 Å². The first kappa shape index (κ1) is 15.9. The number of para-hydroxylation sites is 2. The Balaban J connectivity index is 1.93. The SMILES string of the molecule is COc1ccccc1CNC(=O)C(C)Oc1ccccc1C. The van der Waals surface area contributed by atoms with Crippen LogP contribution in [-0.4, -0.2) is 19.1 Å². The molecule has 0 fully saturated rings. The summed E-state index contributed by atoms with van der Waals surface area (Å²) in [4.78, 5) is 12.2. The topological polar surface area (TPSA) is 47.6 Å². The quantitative estimate of drug-likeness (QED) is 0.891. The molecule has 0 bridgehead atoms. The Kier molecular flexibility index (Phi) is 5.42. The molecule has 0 aliphatic rings. The standard InChI is InChI=1S/C18H21NO3/c1-13-8-4-6-10-16(13)22-14(2)18(20)19-12-15-9-5-7-11-17(15)21-3/h4-11,14H,12H2,1-3H3,(H,19,20). The van der Waals surface area contributed by atoms with Crippen LogP contribution in [0.2, 0.25) is 0 Å². The lowest BCUT2D eigenvalue weighted by Gasteiger charge is -2.16. The van der Waals surface area contributed by atoms with E-state index in [2.05, 4.69) is 5.32 Å². The summed E-state index contributed by atoms with van der Waals surface area (Å²) in [5.74, 6) is 1.33. The third kappa shape index (κ3) is 4.01. The summed E-state index contributed by atoms with van der Waals surface area (Å²) in [7, 11) is 1.62. The molecule has 0 saturated carbocycles. The molecule has 1 atom stereocenters. The van der Waals surface area contributed by atoms with Gasteiger partial charge in [-0.3, -0.25) is 4.79 Å². The monoisotopic (exact) mass is 299 g/mol. The van der Waals surface area contributed by atoms with Crippen LogP contribution in [0, 0.1) is 6.92 Å². The van der Waals surface area contributed by atoms with Gasteiger partial charge in [0.2, 0.25) is 0 Å². The minimum absolute atomic E-state index is 0.158. The number of ether oxygens (including phenoxy) is 2. The molecule has 0 aliphatic carbocycles. The van der Waals surface area contributed by atoms with Gasteiger partial charge in [0.05, 0.1) is 7.11 Å². The number of rotatable bonds is 6. The highest BCUT2D eigenvalue weighted by molar-refractivity contribution is 5.80. The summed E-state index contributed by atoms with van der Waals surface area (Å²) >= 11 is 0. The predicted octanol–water partition coefficient (Wildman–Crippen LogP) is 3.09. The molecule has 2 rings (SSSR count). The normalized spacial score (nSPS) is 11.6. The van der Waals surface area contributed by atoms with Crippen molar-refractivity contribution in [3.05, 3.63) is 59.7 Å². The van der Waals surface area contributed by atoms with Crippen molar-refractivity contribution < 1.29 is 14.3 Å². The maximum Gasteiger partial charge on any atom is 0.261 e. The number of benzene rings is 2. The van der Waals surface area contributed by atoms with E-state index >= 15 is 0 Å². The second kappa shape index (κ2) is 7.50. The molecule has 2 aromatic rings. The smallest absolute Gasteiger partial charge is 0.261 e. The van der Waals surface area contributed by atoms with Gasteiger partial charge in [-0.25, -0.2) is 0 Å². The van der Waals surface area contributed by atoms with Crippen LogP contribution in [0.5, 0.6) is 11.5 Å². The Bertz CT molecular complexity index is 640. The summed E-state index contributed by atoms with van der Waals surface area (Å²) in [5.41, 5.74) is 1.94. The van der Waals surface area contributed by atoms with Crippen molar-refractivity contribution in [2.75, 3.05) is 7.11 Å². The van der Waals surface area contributed by atoms with E-state index in [9.17, 15) is 4.79 Å². The van der Waals surface area contributed by atoms with Gasteiger partial charge in [0.1, 0.15) is 11.5 Å². The molecule has 1 unspecified atom stereocenters. The van der Waals surface area contributed by atoms with Gasteiger partial charge in [-0.2, -0.15) is 0 Å². The van der Waals surface area contributed by atoms with Crippen LogP contribution in [0.4, 0.5) is 0 Å². The van der Waals surface area contributed by atoms with Crippen molar-refractivity contribution in [1.29, 1.82) is 0 Å². The van der Waals surface area contributed by atoms with Crippen LogP contribution in [0.15, 0.2) is 48.5 Å². The van der Waals surface area contributed by atoms with Gasteiger partial charge in [0, 0.05) is 12.1 Å². The largest absolute Gasteiger partial charge is 0.496 e. The maximum absolute atomic E-state index is 12.2. The molecule has 2 aromatic carbocycles. The Morgan fingerprint density at radius 1 is 1.09 bits per heavy atom. The number of hydrogen-bond acceptors (Lipinski definition) is 3. The van der Waals surface area contributed by atoms with Crippen molar-refractivity contribution >= 4 is 5.91 Å². The van der Waals surface area contributed by atoms with Crippen LogP contribution in [0.1, 0.15) is 18.1 Å². The molecular formula is C18H21NO3. The fourth-order valence-electron chi connectivity index (χ4n) is 2.11. The van der Waals surface area contributed by atoms with Crippen LogP contribution >= 0.6 is 0 Å². The van der Waals surface area contributed by atoms with Crippen LogP contribution in [-0.2, 0) is 11.3 Å². The van der Waals surface area contributed by atoms with Gasteiger partial charge in [-0.1, -0.05) is 36.4 Å². The maximum atomic E-state index is 12.2. The van der Waals surface area contributed by atoms with Gasteiger partial charge >= 0.3 is 0 Å². The molecule has 0 aliphatic heterocycles. The van der Waals surface area contributed by atoms with Gasteiger partial charge in [0.15, 0.2) is 6.10 Å². The number of hydrogen-bond donors (Lipinski definition) is 1. The average molecular weight is 299 g/mol. The number of amides is 1.